The molecule has 1 aromatic carbocycles. The summed E-state index contributed by atoms with van der Waals surface area (Å²) in [6, 6.07) is 7.80. The van der Waals surface area contributed by atoms with Gasteiger partial charge in [0.15, 0.2) is 6.10 Å². The second kappa shape index (κ2) is 4.90. The van der Waals surface area contributed by atoms with E-state index in [9.17, 15) is 4.79 Å². The van der Waals surface area contributed by atoms with Crippen LogP contribution in [0.2, 0.25) is 0 Å². The summed E-state index contributed by atoms with van der Waals surface area (Å²) in [5.41, 5.74) is 1.09. The molecule has 5 nitrogen and oxygen atoms in total. The maximum Gasteiger partial charge on any atom is 0.265 e. The van der Waals surface area contributed by atoms with Gasteiger partial charge in [0.1, 0.15) is 11.3 Å². The third-order valence-electron chi connectivity index (χ3n) is 2.99. The predicted molar refractivity (Wildman–Crippen MR) is 71.7 cm³/mol. The van der Waals surface area contributed by atoms with E-state index in [2.05, 4.69) is 16.7 Å². The normalized spacial score (nSPS) is 18.0. The van der Waals surface area contributed by atoms with Crippen LogP contribution in [-0.2, 0) is 11.3 Å². The van der Waals surface area contributed by atoms with Gasteiger partial charge in [-0.05, 0) is 38.5 Å². The van der Waals surface area contributed by atoms with Crippen molar-refractivity contribution in [3.8, 4) is 11.8 Å². The molecule has 0 bridgehead atoms. The summed E-state index contributed by atoms with van der Waals surface area (Å²) in [6.07, 6.45) is -0.464. The molecule has 1 aliphatic rings. The van der Waals surface area contributed by atoms with Crippen molar-refractivity contribution in [1.29, 1.82) is 5.26 Å². The fraction of sp³-hybridized carbons (Fsp3) is 0.429. The van der Waals surface area contributed by atoms with E-state index in [4.69, 9.17) is 10.00 Å². The fourth-order valence-corrected chi connectivity index (χ4v) is 1.73. The van der Waals surface area contributed by atoms with E-state index in [-0.39, 0.29) is 5.91 Å². The first kappa shape index (κ1) is 13.4. The number of fused-ring (bicyclic) bond motifs is 1. The fourth-order valence-electron chi connectivity index (χ4n) is 1.73. The van der Waals surface area contributed by atoms with Crippen molar-refractivity contribution < 1.29 is 9.53 Å². The SMILES string of the molecule is CC1Oc2ccc(CNC(C)(C)C#N)cc2NC1=O. The maximum atomic E-state index is 11.5. The summed E-state index contributed by atoms with van der Waals surface area (Å²) in [5.74, 6) is 0.533. The highest BCUT2D eigenvalue weighted by atomic mass is 16.5. The van der Waals surface area contributed by atoms with Gasteiger partial charge in [0.25, 0.3) is 5.91 Å². The average Bonchev–Trinajstić information content (AvgIpc) is 2.38. The third kappa shape index (κ3) is 3.04. The molecule has 1 aromatic rings. The Morgan fingerprint density at radius 1 is 1.53 bits per heavy atom. The molecule has 0 saturated carbocycles. The molecular weight excluding hydrogens is 242 g/mol. The Kier molecular flexibility index (Phi) is 3.45. The number of nitrogens with zero attached hydrogens (tertiary/aromatic N) is 1. The summed E-state index contributed by atoms with van der Waals surface area (Å²) >= 11 is 0. The number of carbonyl (C=O) groups is 1. The zero-order chi connectivity index (χ0) is 14.0. The topological polar surface area (TPSA) is 74.2 Å². The van der Waals surface area contributed by atoms with Gasteiger partial charge in [-0.1, -0.05) is 6.07 Å². The lowest BCUT2D eigenvalue weighted by atomic mass is 10.1. The second-order valence-electron chi connectivity index (χ2n) is 5.17. The monoisotopic (exact) mass is 259 g/mol. The first-order valence-corrected chi connectivity index (χ1v) is 6.18. The summed E-state index contributed by atoms with van der Waals surface area (Å²) < 4.78 is 5.48. The Labute approximate surface area is 112 Å². The molecule has 0 spiro atoms. The molecule has 0 fully saturated rings. The van der Waals surface area contributed by atoms with Crippen LogP contribution in [0.15, 0.2) is 18.2 Å². The number of nitriles is 1. The smallest absolute Gasteiger partial charge is 0.265 e. The molecule has 0 radical (unpaired) electrons. The molecule has 0 saturated heterocycles. The standard InChI is InChI=1S/C14H17N3O2/c1-9-13(18)17-11-6-10(4-5-12(11)19-9)7-16-14(2,3)8-15/h4-6,9,16H,7H2,1-3H3,(H,17,18). The van der Waals surface area contributed by atoms with Crippen LogP contribution >= 0.6 is 0 Å². The van der Waals surface area contributed by atoms with Crippen molar-refractivity contribution in [3.05, 3.63) is 23.8 Å². The minimum absolute atomic E-state index is 0.144. The Bertz CT molecular complexity index is 546. The molecule has 1 aliphatic heterocycles. The minimum atomic E-state index is -0.579. The lowest BCUT2D eigenvalue weighted by Crippen LogP contribution is -2.37. The Hall–Kier alpha value is -2.06. The molecule has 1 amide bonds. The first-order chi connectivity index (χ1) is 8.91. The van der Waals surface area contributed by atoms with Gasteiger partial charge in [-0.3, -0.25) is 10.1 Å². The average molecular weight is 259 g/mol. The summed E-state index contributed by atoms with van der Waals surface area (Å²) in [5, 5.41) is 14.9. The molecule has 19 heavy (non-hydrogen) atoms. The van der Waals surface area contributed by atoms with Gasteiger partial charge in [0.05, 0.1) is 11.8 Å². The van der Waals surface area contributed by atoms with Crippen molar-refractivity contribution in [3.63, 3.8) is 0 Å². The molecule has 0 aliphatic carbocycles. The van der Waals surface area contributed by atoms with Crippen LogP contribution in [0.25, 0.3) is 0 Å². The Morgan fingerprint density at radius 3 is 2.95 bits per heavy atom. The van der Waals surface area contributed by atoms with E-state index in [0.29, 0.717) is 18.0 Å². The highest BCUT2D eigenvalue weighted by molar-refractivity contribution is 5.97. The second-order valence-corrected chi connectivity index (χ2v) is 5.17. The molecular formula is C14H17N3O2. The lowest BCUT2D eigenvalue weighted by Gasteiger charge is -2.24. The van der Waals surface area contributed by atoms with Crippen molar-refractivity contribution in [2.45, 2.75) is 39.0 Å². The predicted octanol–water partition coefficient (Wildman–Crippen LogP) is 1.80. The van der Waals surface area contributed by atoms with E-state index in [1.165, 1.54) is 0 Å². The van der Waals surface area contributed by atoms with Gasteiger partial charge >= 0.3 is 0 Å². The number of benzene rings is 1. The number of ether oxygens (including phenoxy) is 1. The highest BCUT2D eigenvalue weighted by Crippen LogP contribution is 2.30. The molecule has 100 valence electrons. The highest BCUT2D eigenvalue weighted by Gasteiger charge is 2.23. The van der Waals surface area contributed by atoms with Crippen molar-refractivity contribution in [2.75, 3.05) is 5.32 Å². The number of anilines is 1. The van der Waals surface area contributed by atoms with Gasteiger partial charge < -0.3 is 10.1 Å². The van der Waals surface area contributed by atoms with Gasteiger partial charge in [-0.25, -0.2) is 0 Å². The number of amides is 1. The van der Waals surface area contributed by atoms with Crippen molar-refractivity contribution >= 4 is 11.6 Å². The molecule has 1 unspecified atom stereocenters. The molecule has 2 rings (SSSR count). The largest absolute Gasteiger partial charge is 0.479 e. The van der Waals surface area contributed by atoms with E-state index < -0.39 is 11.6 Å². The quantitative estimate of drug-likeness (QED) is 0.868. The van der Waals surface area contributed by atoms with Crippen LogP contribution in [0.3, 0.4) is 0 Å². The van der Waals surface area contributed by atoms with Crippen LogP contribution < -0.4 is 15.4 Å². The van der Waals surface area contributed by atoms with E-state index >= 15 is 0 Å². The summed E-state index contributed by atoms with van der Waals surface area (Å²) in [7, 11) is 0. The third-order valence-corrected chi connectivity index (χ3v) is 2.99. The molecule has 1 atom stereocenters. The van der Waals surface area contributed by atoms with Crippen LogP contribution in [-0.4, -0.2) is 17.6 Å². The van der Waals surface area contributed by atoms with Gasteiger partial charge in [0, 0.05) is 6.54 Å². The molecule has 2 N–H and O–H groups in total. The molecule has 1 heterocycles. The number of hydrogen-bond donors (Lipinski definition) is 2. The van der Waals surface area contributed by atoms with Crippen molar-refractivity contribution in [2.24, 2.45) is 0 Å². The van der Waals surface area contributed by atoms with Crippen LogP contribution in [0, 0.1) is 11.3 Å². The van der Waals surface area contributed by atoms with Crippen LogP contribution in [0.5, 0.6) is 5.75 Å². The molecule has 0 aromatic heterocycles. The Morgan fingerprint density at radius 2 is 2.26 bits per heavy atom. The number of nitrogens with one attached hydrogen (secondary N) is 2. The maximum absolute atomic E-state index is 11.5. The summed E-state index contributed by atoms with van der Waals surface area (Å²) in [6.45, 7) is 5.90. The number of rotatable bonds is 3. The summed E-state index contributed by atoms with van der Waals surface area (Å²) in [4.78, 5) is 11.5. The Balaban J connectivity index is 2.12. The van der Waals surface area contributed by atoms with Gasteiger partial charge in [-0.2, -0.15) is 5.26 Å². The lowest BCUT2D eigenvalue weighted by molar-refractivity contribution is -0.122. The number of hydrogen-bond acceptors (Lipinski definition) is 4. The minimum Gasteiger partial charge on any atom is -0.479 e. The zero-order valence-corrected chi connectivity index (χ0v) is 11.3. The number of carbonyl (C=O) groups excluding carboxylic acids is 1. The van der Waals surface area contributed by atoms with Crippen LogP contribution in [0.4, 0.5) is 5.69 Å². The first-order valence-electron chi connectivity index (χ1n) is 6.18. The molecule has 5 heteroatoms. The zero-order valence-electron chi connectivity index (χ0n) is 11.3. The van der Waals surface area contributed by atoms with E-state index in [1.807, 2.05) is 32.0 Å². The van der Waals surface area contributed by atoms with Gasteiger partial charge in [-0.15, -0.1) is 0 Å². The van der Waals surface area contributed by atoms with E-state index in [1.54, 1.807) is 6.92 Å². The van der Waals surface area contributed by atoms with E-state index in [0.717, 1.165) is 5.56 Å². The van der Waals surface area contributed by atoms with Crippen molar-refractivity contribution in [1.82, 2.24) is 5.32 Å². The van der Waals surface area contributed by atoms with Gasteiger partial charge in [0.2, 0.25) is 0 Å². The van der Waals surface area contributed by atoms with Crippen LogP contribution in [0.1, 0.15) is 26.3 Å².